The average molecular weight is 496 g/mol. The zero-order valence-corrected chi connectivity index (χ0v) is 20.7. The number of rotatable bonds is 13. The van der Waals surface area contributed by atoms with Crippen molar-refractivity contribution in [2.45, 2.75) is 99.8 Å². The molecule has 0 saturated carbocycles. The number of unbranched alkanes of at least 4 members (excludes halogenated alkanes) is 7. The minimum absolute atomic E-state index is 0.697. The third-order valence-electron chi connectivity index (χ3n) is 7.16. The van der Waals surface area contributed by atoms with Gasteiger partial charge in [0.1, 0.15) is 9.90 Å². The minimum atomic E-state index is 0.697. The Morgan fingerprint density at radius 3 is 1.12 bits per heavy atom. The molecule has 2 saturated heterocycles. The van der Waals surface area contributed by atoms with Gasteiger partial charge in [-0.25, -0.2) is 0 Å². The van der Waals surface area contributed by atoms with Crippen LogP contribution in [-0.2, 0) is 0 Å². The van der Waals surface area contributed by atoms with E-state index >= 15 is 0 Å². The van der Waals surface area contributed by atoms with Crippen molar-refractivity contribution in [2.24, 2.45) is 0 Å². The molecular weight excluding hydrogens is 452 g/mol. The number of nitrogens with zero attached hydrogens (tertiary/aromatic N) is 2. The summed E-state index contributed by atoms with van der Waals surface area (Å²) in [5.41, 5.74) is 0. The van der Waals surface area contributed by atoms with E-state index in [0.717, 1.165) is 0 Å². The molecule has 2 unspecified atom stereocenters. The third-order valence-corrected chi connectivity index (χ3v) is 10.1. The molecule has 0 bridgehead atoms. The second-order valence-corrected chi connectivity index (χ2v) is 11.7. The van der Waals surface area contributed by atoms with Gasteiger partial charge in [0.15, 0.2) is 0 Å². The Balaban J connectivity index is 1.38. The monoisotopic (exact) mass is 494 g/mol. The molecule has 0 aromatic carbocycles. The van der Waals surface area contributed by atoms with Crippen LogP contribution in [0.15, 0.2) is 0 Å². The molecule has 0 aromatic heterocycles. The van der Waals surface area contributed by atoms with Crippen molar-refractivity contribution in [3.8, 4) is 0 Å². The summed E-state index contributed by atoms with van der Waals surface area (Å²) in [5, 5.41) is 0. The van der Waals surface area contributed by atoms with E-state index in [0.29, 0.717) is 9.90 Å². The number of hydrogen-bond donors (Lipinski definition) is 0. The summed E-state index contributed by atoms with van der Waals surface area (Å²) in [6.07, 6.45) is 19.9. The minimum Gasteiger partial charge on any atom is -0.315 e. The lowest BCUT2D eigenvalue weighted by Crippen LogP contribution is -2.46. The van der Waals surface area contributed by atoms with Gasteiger partial charge in [0.05, 0.1) is 40.3 Å². The number of quaternary nitrogens is 2. The summed E-state index contributed by atoms with van der Waals surface area (Å²) < 4.78 is 2.54. The molecule has 0 radical (unpaired) electrons. The fraction of sp³-hybridized carbons (Fsp3) is 1.00. The van der Waals surface area contributed by atoms with Crippen LogP contribution in [0.4, 0.5) is 0 Å². The molecule has 2 rings (SSSR count). The number of likely N-dealkylation sites (tertiary alicyclic amines) is 2. The maximum Gasteiger partial charge on any atom is 0.144 e. The maximum absolute atomic E-state index is 3.98. The molecule has 2 atom stereocenters. The first-order valence-corrected chi connectivity index (χ1v) is 13.3. The smallest absolute Gasteiger partial charge is 0.144 e. The fourth-order valence-corrected chi connectivity index (χ4v) is 6.45. The molecule has 2 nitrogen and oxygen atoms in total. The Kier molecular flexibility index (Phi) is 10.5. The molecule has 4 heteroatoms. The summed E-state index contributed by atoms with van der Waals surface area (Å²) in [7, 11) is 4.88. The Bertz CT molecular complexity index is 340. The Morgan fingerprint density at radius 2 is 0.808 bits per heavy atom. The van der Waals surface area contributed by atoms with Crippen molar-refractivity contribution in [3.63, 3.8) is 0 Å². The molecule has 0 aliphatic carbocycles. The van der Waals surface area contributed by atoms with Crippen molar-refractivity contribution in [1.82, 2.24) is 0 Å². The molecule has 154 valence electrons. The van der Waals surface area contributed by atoms with Crippen LogP contribution in [0.5, 0.6) is 0 Å². The summed E-state index contributed by atoms with van der Waals surface area (Å²) in [4.78, 5) is 1.39. The molecule has 26 heavy (non-hydrogen) atoms. The van der Waals surface area contributed by atoms with E-state index in [2.05, 4.69) is 46.0 Å². The van der Waals surface area contributed by atoms with Gasteiger partial charge in [-0.1, -0.05) is 38.5 Å². The Morgan fingerprint density at radius 1 is 0.538 bits per heavy atom. The van der Waals surface area contributed by atoms with Gasteiger partial charge in [-0.15, -0.1) is 0 Å². The molecule has 0 aromatic rings. The van der Waals surface area contributed by atoms with Crippen molar-refractivity contribution >= 4 is 31.9 Å². The highest BCUT2D eigenvalue weighted by molar-refractivity contribution is 9.09. The molecule has 0 N–H and O–H groups in total. The van der Waals surface area contributed by atoms with Gasteiger partial charge in [-0.2, -0.15) is 0 Å². The summed E-state index contributed by atoms with van der Waals surface area (Å²) in [5.74, 6) is 0. The van der Waals surface area contributed by atoms with E-state index in [1.54, 1.807) is 0 Å². The molecule has 2 heterocycles. The molecule has 2 aliphatic rings. The van der Waals surface area contributed by atoms with Gasteiger partial charge in [-0.05, 0) is 44.7 Å². The average Bonchev–Trinajstić information content (AvgIpc) is 3.26. The predicted octanol–water partition coefficient (Wildman–Crippen LogP) is 6.81. The summed E-state index contributed by atoms with van der Waals surface area (Å²) in [6.45, 7) is 5.51. The molecule has 2 aliphatic heterocycles. The zero-order chi connectivity index (χ0) is 18.9. The highest BCUT2D eigenvalue weighted by Crippen LogP contribution is 2.29. The Labute approximate surface area is 180 Å². The normalized spacial score (nSPS) is 24.0. The molecule has 0 amide bonds. The highest BCUT2D eigenvalue weighted by Gasteiger charge is 2.34. The quantitative estimate of drug-likeness (QED) is 0.114. The SMILES string of the molecule is C[N+]1(C(Br)CCCCCCCCCCC(Br)[N+]2(C)CCCC2)CCCC1. The first-order valence-electron chi connectivity index (χ1n) is 11.4. The largest absolute Gasteiger partial charge is 0.315 e. The van der Waals surface area contributed by atoms with Crippen LogP contribution in [0.1, 0.15) is 89.9 Å². The fourth-order valence-electron chi connectivity index (χ4n) is 4.99. The predicted molar refractivity (Wildman–Crippen MR) is 122 cm³/mol. The highest BCUT2D eigenvalue weighted by atomic mass is 79.9. The lowest BCUT2D eigenvalue weighted by Gasteiger charge is -2.34. The maximum atomic E-state index is 3.98. The van der Waals surface area contributed by atoms with E-state index < -0.39 is 0 Å². The second-order valence-electron chi connectivity index (χ2n) is 9.54. The van der Waals surface area contributed by atoms with Crippen LogP contribution in [0.3, 0.4) is 0 Å². The summed E-state index contributed by atoms with van der Waals surface area (Å²) in [6, 6.07) is 0. The van der Waals surface area contributed by atoms with E-state index in [1.807, 2.05) is 0 Å². The van der Waals surface area contributed by atoms with Crippen LogP contribution >= 0.6 is 31.9 Å². The van der Waals surface area contributed by atoms with E-state index in [-0.39, 0.29) is 0 Å². The van der Waals surface area contributed by atoms with Gasteiger partial charge in [-0.3, -0.25) is 0 Å². The van der Waals surface area contributed by atoms with Gasteiger partial charge in [0.25, 0.3) is 0 Å². The second kappa shape index (κ2) is 11.8. The van der Waals surface area contributed by atoms with E-state index in [4.69, 9.17) is 0 Å². The van der Waals surface area contributed by atoms with Gasteiger partial charge < -0.3 is 8.97 Å². The van der Waals surface area contributed by atoms with E-state index in [1.165, 1.54) is 125 Å². The van der Waals surface area contributed by atoms with Crippen LogP contribution in [-0.4, -0.2) is 59.1 Å². The van der Waals surface area contributed by atoms with Crippen molar-refractivity contribution in [1.29, 1.82) is 0 Å². The first kappa shape index (κ1) is 23.2. The van der Waals surface area contributed by atoms with Crippen LogP contribution in [0.25, 0.3) is 0 Å². The van der Waals surface area contributed by atoms with Crippen molar-refractivity contribution in [2.75, 3.05) is 40.3 Å². The van der Waals surface area contributed by atoms with Crippen molar-refractivity contribution < 1.29 is 8.97 Å². The standard InChI is InChI=1S/C22H44Br2N2/c1-25(17-11-12-18-25)21(23)15-9-7-5-3-4-6-8-10-16-22(24)26(2)19-13-14-20-26/h21-22H,3-20H2,1-2H3/q+2. The lowest BCUT2D eigenvalue weighted by atomic mass is 10.1. The molecule has 2 fully saturated rings. The molecule has 0 spiro atoms. The Hall–Kier alpha value is 0.880. The van der Waals surface area contributed by atoms with Crippen LogP contribution < -0.4 is 0 Å². The topological polar surface area (TPSA) is 0 Å². The first-order chi connectivity index (χ1) is 12.5. The van der Waals surface area contributed by atoms with Gasteiger partial charge in [0.2, 0.25) is 0 Å². The van der Waals surface area contributed by atoms with Crippen LogP contribution in [0.2, 0.25) is 0 Å². The number of hydrogen-bond acceptors (Lipinski definition) is 0. The van der Waals surface area contributed by atoms with Crippen molar-refractivity contribution in [3.05, 3.63) is 0 Å². The van der Waals surface area contributed by atoms with Crippen LogP contribution in [0, 0.1) is 0 Å². The van der Waals surface area contributed by atoms with Gasteiger partial charge in [0, 0.05) is 38.5 Å². The number of alkyl halides is 2. The third kappa shape index (κ3) is 7.37. The number of halogens is 2. The molecular formula is C22H44Br2N2+2. The zero-order valence-electron chi connectivity index (χ0n) is 17.5. The van der Waals surface area contributed by atoms with Gasteiger partial charge >= 0.3 is 0 Å². The summed E-state index contributed by atoms with van der Waals surface area (Å²) >= 11 is 7.96. The lowest BCUT2D eigenvalue weighted by molar-refractivity contribution is -0.906. The van der Waals surface area contributed by atoms with E-state index in [9.17, 15) is 0 Å².